The highest BCUT2D eigenvalue weighted by atomic mass is 32.2. The summed E-state index contributed by atoms with van der Waals surface area (Å²) >= 11 is 0. The summed E-state index contributed by atoms with van der Waals surface area (Å²) in [5.74, 6) is -3.38. The minimum absolute atomic E-state index is 0.0550. The minimum Gasteiger partial charge on any atom is -0.478 e. The first-order valence-corrected chi connectivity index (χ1v) is 12.3. The Morgan fingerprint density at radius 3 is 2.08 bits per heavy atom. The molecule has 3 rings (SSSR count). The zero-order valence-corrected chi connectivity index (χ0v) is 20.4. The number of nitrogens with zero attached hydrogens (tertiary/aromatic N) is 1. The van der Waals surface area contributed by atoms with Crippen LogP contribution in [0, 0.1) is 5.92 Å². The summed E-state index contributed by atoms with van der Waals surface area (Å²) in [7, 11) is -3.82. The fraction of sp³-hybridized carbons (Fsp3) is 0.391. The average Bonchev–Trinajstić information content (AvgIpc) is 2.79. The van der Waals surface area contributed by atoms with Crippen LogP contribution in [-0.4, -0.2) is 63.0 Å². The standard InChI is InChI=1S/C21H26N2O5S.C2HF3O2/c1-15(2)13-16-3-6-18(7-4-16)29(26,27)22-17-5-8-20(19(14-17)21(24)25)23-9-11-28-12-10-23;3-2(4,5)1(6)7/h3-8,14-15,22H,9-13H2,1-2H3,(H,24,25);(H,6,7). The number of hydrogen-bond donors (Lipinski definition) is 3. The van der Waals surface area contributed by atoms with Gasteiger partial charge in [-0.3, -0.25) is 4.72 Å². The van der Waals surface area contributed by atoms with E-state index in [-0.39, 0.29) is 16.1 Å². The van der Waals surface area contributed by atoms with Crippen molar-refractivity contribution in [1.82, 2.24) is 0 Å². The maximum Gasteiger partial charge on any atom is 0.490 e. The highest BCUT2D eigenvalue weighted by molar-refractivity contribution is 7.92. The van der Waals surface area contributed by atoms with Crippen LogP contribution in [-0.2, 0) is 26.0 Å². The van der Waals surface area contributed by atoms with E-state index < -0.39 is 28.1 Å². The molecule has 1 aliphatic heterocycles. The van der Waals surface area contributed by atoms with Gasteiger partial charge in [-0.25, -0.2) is 18.0 Å². The lowest BCUT2D eigenvalue weighted by Crippen LogP contribution is -2.37. The van der Waals surface area contributed by atoms with E-state index in [1.54, 1.807) is 36.4 Å². The molecule has 0 amide bonds. The number of carbonyl (C=O) groups is 2. The van der Waals surface area contributed by atoms with Crippen LogP contribution in [0.1, 0.15) is 29.8 Å². The molecule has 1 aliphatic rings. The fourth-order valence-electron chi connectivity index (χ4n) is 3.34. The van der Waals surface area contributed by atoms with E-state index in [4.69, 9.17) is 14.6 Å². The Morgan fingerprint density at radius 2 is 1.61 bits per heavy atom. The number of morpholine rings is 1. The van der Waals surface area contributed by atoms with Crippen LogP contribution < -0.4 is 9.62 Å². The molecule has 0 saturated carbocycles. The normalized spacial score (nSPS) is 14.1. The largest absolute Gasteiger partial charge is 0.490 e. The molecule has 13 heteroatoms. The first-order valence-electron chi connectivity index (χ1n) is 10.8. The molecule has 0 aromatic heterocycles. The molecule has 0 aliphatic carbocycles. The van der Waals surface area contributed by atoms with E-state index in [9.17, 15) is 31.5 Å². The van der Waals surface area contributed by atoms with E-state index in [1.807, 2.05) is 4.90 Å². The first kappa shape index (κ1) is 28.9. The molecule has 36 heavy (non-hydrogen) atoms. The van der Waals surface area contributed by atoms with Crippen molar-refractivity contribution in [2.24, 2.45) is 5.92 Å². The number of carboxylic acids is 2. The second kappa shape index (κ2) is 12.1. The number of rotatable bonds is 7. The molecular weight excluding hydrogens is 505 g/mol. The smallest absolute Gasteiger partial charge is 0.478 e. The third kappa shape index (κ3) is 8.41. The molecule has 0 unspecified atom stereocenters. The van der Waals surface area contributed by atoms with Gasteiger partial charge in [-0.05, 0) is 48.2 Å². The molecule has 0 spiro atoms. The molecule has 2 aromatic rings. The van der Waals surface area contributed by atoms with Crippen LogP contribution >= 0.6 is 0 Å². The van der Waals surface area contributed by atoms with Crippen molar-refractivity contribution in [2.45, 2.75) is 31.3 Å². The summed E-state index contributed by atoms with van der Waals surface area (Å²) < 4.78 is 65.0. The van der Waals surface area contributed by atoms with Crippen molar-refractivity contribution in [3.63, 3.8) is 0 Å². The van der Waals surface area contributed by atoms with Crippen molar-refractivity contribution >= 4 is 33.3 Å². The molecule has 0 radical (unpaired) electrons. The summed E-state index contributed by atoms with van der Waals surface area (Å²) in [6.45, 7) is 6.45. The molecule has 9 nitrogen and oxygen atoms in total. The third-order valence-corrected chi connectivity index (χ3v) is 6.35. The van der Waals surface area contributed by atoms with Crippen molar-refractivity contribution < 1.29 is 46.1 Å². The predicted molar refractivity (Wildman–Crippen MR) is 126 cm³/mol. The summed E-state index contributed by atoms with van der Waals surface area (Å²) in [6, 6.07) is 11.3. The van der Waals surface area contributed by atoms with Gasteiger partial charge in [0.15, 0.2) is 0 Å². The van der Waals surface area contributed by atoms with E-state index in [0.29, 0.717) is 37.9 Å². The molecule has 2 aromatic carbocycles. The minimum atomic E-state index is -5.08. The van der Waals surface area contributed by atoms with Crippen LogP contribution in [0.5, 0.6) is 0 Å². The van der Waals surface area contributed by atoms with Crippen molar-refractivity contribution in [1.29, 1.82) is 0 Å². The Labute approximate surface area is 206 Å². The van der Waals surface area contributed by atoms with E-state index >= 15 is 0 Å². The Bertz CT molecular complexity index is 1160. The van der Waals surface area contributed by atoms with Crippen molar-refractivity contribution in [3.05, 3.63) is 53.6 Å². The van der Waals surface area contributed by atoms with Gasteiger partial charge in [0.1, 0.15) is 0 Å². The number of hydrogen-bond acceptors (Lipinski definition) is 6. The number of ether oxygens (including phenoxy) is 1. The third-order valence-electron chi connectivity index (χ3n) is 4.95. The Balaban J connectivity index is 0.000000572. The molecule has 1 heterocycles. The second-order valence-electron chi connectivity index (χ2n) is 8.29. The predicted octanol–water partition coefficient (Wildman–Crippen LogP) is 3.85. The summed E-state index contributed by atoms with van der Waals surface area (Å²) in [5.41, 5.74) is 1.90. The number of nitrogens with one attached hydrogen (secondary N) is 1. The average molecular weight is 533 g/mol. The number of benzene rings is 2. The summed E-state index contributed by atoms with van der Waals surface area (Å²) in [4.78, 5) is 22.7. The van der Waals surface area contributed by atoms with Crippen LogP contribution in [0.2, 0.25) is 0 Å². The number of aromatic carboxylic acids is 1. The van der Waals surface area contributed by atoms with Gasteiger partial charge in [0.2, 0.25) is 0 Å². The Morgan fingerprint density at radius 1 is 1.06 bits per heavy atom. The molecule has 0 atom stereocenters. The van der Waals surface area contributed by atoms with E-state index in [0.717, 1.165) is 12.0 Å². The lowest BCUT2D eigenvalue weighted by Gasteiger charge is -2.30. The van der Waals surface area contributed by atoms with Gasteiger partial charge < -0.3 is 19.8 Å². The van der Waals surface area contributed by atoms with Crippen LogP contribution in [0.3, 0.4) is 0 Å². The zero-order valence-electron chi connectivity index (χ0n) is 19.6. The number of aliphatic carboxylic acids is 1. The molecule has 0 bridgehead atoms. The molecule has 3 N–H and O–H groups in total. The van der Waals surface area contributed by atoms with E-state index in [2.05, 4.69) is 18.6 Å². The van der Waals surface area contributed by atoms with Gasteiger partial charge in [0.25, 0.3) is 10.0 Å². The Hall–Kier alpha value is -3.32. The zero-order chi connectivity index (χ0) is 27.1. The second-order valence-corrected chi connectivity index (χ2v) is 9.97. The SMILES string of the molecule is CC(C)Cc1ccc(S(=O)(=O)Nc2ccc(N3CCOCC3)c(C(=O)O)c2)cc1.O=C(O)C(F)(F)F. The number of alkyl halides is 3. The number of anilines is 2. The van der Waals surface area contributed by atoms with Gasteiger partial charge in [-0.1, -0.05) is 26.0 Å². The van der Waals surface area contributed by atoms with Gasteiger partial charge in [0, 0.05) is 18.8 Å². The van der Waals surface area contributed by atoms with Crippen LogP contribution in [0.15, 0.2) is 47.4 Å². The highest BCUT2D eigenvalue weighted by Gasteiger charge is 2.38. The lowest BCUT2D eigenvalue weighted by molar-refractivity contribution is -0.192. The Kier molecular flexibility index (Phi) is 9.70. The number of halogens is 3. The number of carboxylic acid groups (broad SMARTS) is 2. The van der Waals surface area contributed by atoms with Crippen LogP contribution in [0.25, 0.3) is 0 Å². The topological polar surface area (TPSA) is 133 Å². The van der Waals surface area contributed by atoms with Crippen molar-refractivity contribution in [3.8, 4) is 0 Å². The summed E-state index contributed by atoms with van der Waals surface area (Å²) in [6.07, 6.45) is -4.21. The highest BCUT2D eigenvalue weighted by Crippen LogP contribution is 2.27. The van der Waals surface area contributed by atoms with Gasteiger partial charge >= 0.3 is 18.1 Å². The molecule has 1 fully saturated rings. The molecular formula is C23H27F3N2O7S. The monoisotopic (exact) mass is 532 g/mol. The maximum atomic E-state index is 12.7. The lowest BCUT2D eigenvalue weighted by atomic mass is 10.0. The number of sulfonamides is 1. The molecule has 1 saturated heterocycles. The summed E-state index contributed by atoms with van der Waals surface area (Å²) in [5, 5.41) is 16.7. The van der Waals surface area contributed by atoms with Gasteiger partial charge in [-0.15, -0.1) is 0 Å². The fourth-order valence-corrected chi connectivity index (χ4v) is 4.39. The molecule has 198 valence electrons. The van der Waals surface area contributed by atoms with Gasteiger partial charge in [0.05, 0.1) is 29.4 Å². The quantitative estimate of drug-likeness (QED) is 0.490. The first-order chi connectivity index (χ1) is 16.7. The maximum absolute atomic E-state index is 12.7. The van der Waals surface area contributed by atoms with Gasteiger partial charge in [-0.2, -0.15) is 13.2 Å². The van der Waals surface area contributed by atoms with E-state index in [1.165, 1.54) is 6.07 Å². The van der Waals surface area contributed by atoms with Crippen LogP contribution in [0.4, 0.5) is 24.5 Å². The van der Waals surface area contributed by atoms with Crippen molar-refractivity contribution in [2.75, 3.05) is 35.9 Å².